The van der Waals surface area contributed by atoms with Crippen molar-refractivity contribution in [3.63, 3.8) is 0 Å². The zero-order chi connectivity index (χ0) is 22.2. The number of rotatable bonds is 7. The van der Waals surface area contributed by atoms with Gasteiger partial charge in [0.15, 0.2) is 22.3 Å². The number of aromatic amines is 2. The minimum atomic E-state index is -0.386. The number of hydrogen-bond acceptors (Lipinski definition) is 10. The molecule has 0 bridgehead atoms. The highest BCUT2D eigenvalue weighted by Crippen LogP contribution is 2.10. The molecule has 5 aromatic heterocycles. The van der Waals surface area contributed by atoms with Gasteiger partial charge in [0.2, 0.25) is 11.9 Å². The van der Waals surface area contributed by atoms with Crippen molar-refractivity contribution in [3.05, 3.63) is 45.3 Å². The Bertz CT molecular complexity index is 1540. The lowest BCUT2D eigenvalue weighted by atomic mass is 10.3. The number of nitrogen functional groups attached to an aromatic ring is 2. The van der Waals surface area contributed by atoms with Crippen LogP contribution in [0.15, 0.2) is 28.4 Å². The average Bonchev–Trinajstić information content (AvgIpc) is 3.45. The molecule has 5 heterocycles. The Morgan fingerprint density at radius 2 is 1.44 bits per heavy atom. The molecule has 0 amide bonds. The molecule has 0 aromatic carbocycles. The van der Waals surface area contributed by atoms with Crippen LogP contribution in [0.1, 0.15) is 18.5 Å². The molecule has 0 aliphatic carbocycles. The number of nitrogens with one attached hydrogen (secondary N) is 2. The zero-order valence-corrected chi connectivity index (χ0v) is 16.8. The maximum Gasteiger partial charge on any atom is 0.280 e. The summed E-state index contributed by atoms with van der Waals surface area (Å²) in [7, 11) is 0. The fourth-order valence-electron chi connectivity index (χ4n) is 3.47. The first-order valence-electron chi connectivity index (χ1n) is 9.78. The Hall–Kier alpha value is -4.56. The molecule has 0 aliphatic heterocycles. The van der Waals surface area contributed by atoms with E-state index in [0.717, 1.165) is 12.8 Å². The molecule has 0 atom stereocenters. The van der Waals surface area contributed by atoms with Crippen LogP contribution in [0.3, 0.4) is 0 Å². The van der Waals surface area contributed by atoms with Crippen LogP contribution in [0.25, 0.3) is 22.3 Å². The topological polar surface area (TPSA) is 210 Å². The number of anilines is 2. The Balaban J connectivity index is 1.20. The summed E-state index contributed by atoms with van der Waals surface area (Å²) >= 11 is 0. The van der Waals surface area contributed by atoms with Crippen LogP contribution in [0.4, 0.5) is 11.9 Å². The van der Waals surface area contributed by atoms with E-state index in [1.54, 1.807) is 20.1 Å². The predicted octanol–water partition coefficient (Wildman–Crippen LogP) is -1.16. The molecule has 5 rings (SSSR count). The highest BCUT2D eigenvalue weighted by molar-refractivity contribution is 5.71. The molecule has 15 heteroatoms. The smallest absolute Gasteiger partial charge is 0.280 e. The van der Waals surface area contributed by atoms with E-state index in [0.29, 0.717) is 36.6 Å². The van der Waals surface area contributed by atoms with E-state index in [1.165, 1.54) is 6.33 Å². The van der Waals surface area contributed by atoms with E-state index in [-0.39, 0.29) is 34.0 Å². The van der Waals surface area contributed by atoms with Gasteiger partial charge in [0.25, 0.3) is 11.1 Å². The van der Waals surface area contributed by atoms with E-state index in [1.807, 2.05) is 6.20 Å². The van der Waals surface area contributed by atoms with Crippen molar-refractivity contribution >= 4 is 34.2 Å². The molecule has 6 N–H and O–H groups in total. The van der Waals surface area contributed by atoms with Gasteiger partial charge >= 0.3 is 0 Å². The molecule has 0 spiro atoms. The summed E-state index contributed by atoms with van der Waals surface area (Å²) in [4.78, 5) is 45.1. The number of hydrogen-bond donors (Lipinski definition) is 4. The first-order valence-corrected chi connectivity index (χ1v) is 9.78. The van der Waals surface area contributed by atoms with Gasteiger partial charge in [-0.3, -0.25) is 24.2 Å². The van der Waals surface area contributed by atoms with Crippen molar-refractivity contribution in [3.8, 4) is 0 Å². The van der Waals surface area contributed by atoms with Gasteiger partial charge in [-0.15, -0.1) is 5.10 Å². The van der Waals surface area contributed by atoms with E-state index >= 15 is 0 Å². The van der Waals surface area contributed by atoms with Gasteiger partial charge in [0, 0.05) is 13.1 Å². The molecule has 164 valence electrons. The quantitative estimate of drug-likeness (QED) is 0.224. The number of unbranched alkanes of at least 4 members (excludes halogenated alkanes) is 1. The Kier molecular flexibility index (Phi) is 4.61. The second-order valence-corrected chi connectivity index (χ2v) is 7.24. The highest BCUT2D eigenvalue weighted by atomic mass is 16.1. The molecule has 15 nitrogen and oxygen atoms in total. The summed E-state index contributed by atoms with van der Waals surface area (Å²) in [6.45, 7) is 1.65. The van der Waals surface area contributed by atoms with Crippen LogP contribution < -0.4 is 22.6 Å². The molecule has 32 heavy (non-hydrogen) atoms. The monoisotopic (exact) mass is 437 g/mol. The lowest BCUT2D eigenvalue weighted by Crippen LogP contribution is -2.12. The van der Waals surface area contributed by atoms with Gasteiger partial charge < -0.3 is 20.6 Å². The first-order chi connectivity index (χ1) is 15.5. The summed E-state index contributed by atoms with van der Waals surface area (Å²) in [6.07, 6.45) is 6.57. The van der Waals surface area contributed by atoms with Gasteiger partial charge in [0.05, 0.1) is 25.4 Å². The largest absolute Gasteiger partial charge is 0.369 e. The van der Waals surface area contributed by atoms with Crippen LogP contribution in [-0.4, -0.2) is 54.0 Å². The molecule has 0 aliphatic rings. The molecular weight excluding hydrogens is 418 g/mol. The zero-order valence-electron chi connectivity index (χ0n) is 16.8. The van der Waals surface area contributed by atoms with Crippen LogP contribution in [0, 0.1) is 0 Å². The van der Waals surface area contributed by atoms with Crippen molar-refractivity contribution in [1.29, 1.82) is 0 Å². The number of imidazole rings is 2. The maximum atomic E-state index is 11.9. The average molecular weight is 437 g/mol. The van der Waals surface area contributed by atoms with Crippen LogP contribution in [-0.2, 0) is 19.6 Å². The maximum absolute atomic E-state index is 11.9. The second kappa shape index (κ2) is 7.60. The lowest BCUT2D eigenvalue weighted by Gasteiger charge is -2.04. The summed E-state index contributed by atoms with van der Waals surface area (Å²) in [6, 6.07) is 0. The first kappa shape index (κ1) is 19.4. The minimum absolute atomic E-state index is 0.0288. The molecular formula is C17H19N13O2. The van der Waals surface area contributed by atoms with Gasteiger partial charge in [0.1, 0.15) is 5.69 Å². The molecule has 5 aromatic rings. The standard InChI is InChI=1S/C17H19N13O2/c18-16-22-12-10(14(31)24-16)20-7-28(12)3-1-2-4-30-6-9(26-27-30)5-29-8-21-11-13(29)23-17(19)25-15(11)32/h6-8H,1-5H2,(H3,18,22,24,31)(H3,19,23,25,32). The SMILES string of the molecule is Nc1nc2c(ncn2CCCCn2cc(Cn3cnc4c(=O)[nH]c(N)nc43)nn2)c(=O)[nH]1. The minimum Gasteiger partial charge on any atom is -0.369 e. The summed E-state index contributed by atoms with van der Waals surface area (Å²) in [5.74, 6) is 0.0913. The van der Waals surface area contributed by atoms with E-state index in [9.17, 15) is 9.59 Å². The van der Waals surface area contributed by atoms with E-state index in [2.05, 4.69) is 40.2 Å². The van der Waals surface area contributed by atoms with Crippen molar-refractivity contribution < 1.29 is 0 Å². The van der Waals surface area contributed by atoms with Crippen molar-refractivity contribution in [2.24, 2.45) is 0 Å². The van der Waals surface area contributed by atoms with Crippen molar-refractivity contribution in [2.45, 2.75) is 32.5 Å². The molecule has 0 radical (unpaired) electrons. The number of nitrogens with zero attached hydrogens (tertiary/aromatic N) is 9. The number of nitrogens with two attached hydrogens (primary N) is 2. The highest BCUT2D eigenvalue weighted by Gasteiger charge is 2.12. The predicted molar refractivity (Wildman–Crippen MR) is 113 cm³/mol. The Labute approximate surface area is 178 Å². The van der Waals surface area contributed by atoms with Gasteiger partial charge in [-0.05, 0) is 12.8 Å². The third kappa shape index (κ3) is 3.55. The number of aryl methyl sites for hydroxylation is 2. The Morgan fingerprint density at radius 1 is 0.844 bits per heavy atom. The number of H-pyrrole nitrogens is 2. The third-order valence-electron chi connectivity index (χ3n) is 4.94. The molecule has 0 unspecified atom stereocenters. The molecule has 0 saturated carbocycles. The van der Waals surface area contributed by atoms with Crippen molar-refractivity contribution in [2.75, 3.05) is 11.5 Å². The fraction of sp³-hybridized carbons (Fsp3) is 0.294. The molecule has 0 saturated heterocycles. The van der Waals surface area contributed by atoms with Crippen molar-refractivity contribution in [1.82, 2.24) is 54.0 Å². The van der Waals surface area contributed by atoms with Crippen LogP contribution in [0.5, 0.6) is 0 Å². The molecule has 0 fully saturated rings. The summed E-state index contributed by atoms with van der Waals surface area (Å²) < 4.78 is 5.24. The third-order valence-corrected chi connectivity index (χ3v) is 4.94. The number of aromatic nitrogens is 11. The normalized spacial score (nSPS) is 11.6. The summed E-state index contributed by atoms with van der Waals surface area (Å²) in [5.41, 5.74) is 12.6. The number of fused-ring (bicyclic) bond motifs is 2. The van der Waals surface area contributed by atoms with Gasteiger partial charge in [-0.1, -0.05) is 5.21 Å². The van der Waals surface area contributed by atoms with Gasteiger partial charge in [-0.2, -0.15) is 9.97 Å². The fourth-order valence-corrected chi connectivity index (χ4v) is 3.47. The lowest BCUT2D eigenvalue weighted by molar-refractivity contribution is 0.514. The Morgan fingerprint density at radius 3 is 2.12 bits per heavy atom. The van der Waals surface area contributed by atoms with Crippen LogP contribution >= 0.6 is 0 Å². The van der Waals surface area contributed by atoms with E-state index < -0.39 is 0 Å². The summed E-state index contributed by atoms with van der Waals surface area (Å²) in [5, 5.41) is 8.32. The van der Waals surface area contributed by atoms with Gasteiger partial charge in [-0.25, -0.2) is 9.97 Å². The van der Waals surface area contributed by atoms with E-state index in [4.69, 9.17) is 11.5 Å². The second-order valence-electron chi connectivity index (χ2n) is 7.24. The van der Waals surface area contributed by atoms with Crippen LogP contribution in [0.2, 0.25) is 0 Å².